The van der Waals surface area contributed by atoms with Crippen molar-refractivity contribution in [3.05, 3.63) is 18.3 Å². The Morgan fingerprint density at radius 2 is 2.38 bits per heavy atom. The third-order valence-corrected chi connectivity index (χ3v) is 2.14. The number of anilines is 1. The van der Waals surface area contributed by atoms with Gasteiger partial charge in [-0.1, -0.05) is 0 Å². The maximum absolute atomic E-state index is 11.2. The largest absolute Gasteiger partial charge is 0.480 e. The molecule has 5 heteroatoms. The van der Waals surface area contributed by atoms with Crippen LogP contribution in [0.2, 0.25) is 0 Å². The van der Waals surface area contributed by atoms with Crippen LogP contribution in [0.5, 0.6) is 5.88 Å². The van der Waals surface area contributed by atoms with Crippen molar-refractivity contribution < 1.29 is 9.53 Å². The van der Waals surface area contributed by atoms with Gasteiger partial charge in [-0.05, 0) is 19.1 Å². The van der Waals surface area contributed by atoms with Crippen LogP contribution in [0.3, 0.4) is 0 Å². The summed E-state index contributed by atoms with van der Waals surface area (Å²) in [5, 5.41) is 5.76. The molecule has 0 saturated carbocycles. The molecule has 0 aromatic carbocycles. The topological polar surface area (TPSA) is 63.2 Å². The monoisotopic (exact) mass is 223 g/mol. The molecule has 1 aromatic heterocycles. The summed E-state index contributed by atoms with van der Waals surface area (Å²) in [7, 11) is 3.19. The van der Waals surface area contributed by atoms with E-state index in [1.807, 2.05) is 19.1 Å². The maximum atomic E-state index is 11.2. The normalized spacial score (nSPS) is 11.7. The molecule has 1 amide bonds. The molecule has 0 saturated heterocycles. The second-order valence-electron chi connectivity index (χ2n) is 3.48. The van der Waals surface area contributed by atoms with Gasteiger partial charge in [0.1, 0.15) is 0 Å². The summed E-state index contributed by atoms with van der Waals surface area (Å²) >= 11 is 0. The van der Waals surface area contributed by atoms with Crippen LogP contribution < -0.4 is 15.4 Å². The number of hydrogen-bond acceptors (Lipinski definition) is 4. The number of hydrogen-bond donors (Lipinski definition) is 2. The average Bonchev–Trinajstić information content (AvgIpc) is 2.29. The third kappa shape index (κ3) is 3.42. The third-order valence-electron chi connectivity index (χ3n) is 2.14. The van der Waals surface area contributed by atoms with Crippen molar-refractivity contribution in [2.24, 2.45) is 0 Å². The number of ether oxygens (including phenoxy) is 1. The van der Waals surface area contributed by atoms with E-state index < -0.39 is 0 Å². The molecule has 1 rings (SSSR count). The van der Waals surface area contributed by atoms with Crippen molar-refractivity contribution >= 4 is 11.6 Å². The molecule has 1 unspecified atom stereocenters. The first-order valence-electron chi connectivity index (χ1n) is 5.13. The molecule has 0 aliphatic heterocycles. The van der Waals surface area contributed by atoms with Gasteiger partial charge in [0.15, 0.2) is 0 Å². The number of methoxy groups -OCH3 is 1. The Kier molecular flexibility index (Phi) is 4.57. The van der Waals surface area contributed by atoms with Gasteiger partial charge in [0.2, 0.25) is 11.8 Å². The maximum Gasteiger partial charge on any atom is 0.237 e. The van der Waals surface area contributed by atoms with E-state index in [9.17, 15) is 4.79 Å². The van der Waals surface area contributed by atoms with Crippen LogP contribution in [0.4, 0.5) is 5.69 Å². The second-order valence-corrected chi connectivity index (χ2v) is 3.48. The number of nitrogens with one attached hydrogen (secondary N) is 2. The number of pyridine rings is 1. The molecular weight excluding hydrogens is 206 g/mol. The quantitative estimate of drug-likeness (QED) is 0.782. The van der Waals surface area contributed by atoms with Crippen molar-refractivity contribution in [1.29, 1.82) is 0 Å². The highest BCUT2D eigenvalue weighted by Crippen LogP contribution is 2.20. The first kappa shape index (κ1) is 12.3. The lowest BCUT2D eigenvalue weighted by molar-refractivity contribution is -0.120. The van der Waals surface area contributed by atoms with E-state index in [4.69, 9.17) is 4.74 Å². The molecule has 0 radical (unpaired) electrons. The molecule has 88 valence electrons. The fraction of sp³-hybridized carbons (Fsp3) is 0.455. The minimum Gasteiger partial charge on any atom is -0.480 e. The molecule has 16 heavy (non-hydrogen) atoms. The van der Waals surface area contributed by atoms with Gasteiger partial charge in [-0.3, -0.25) is 4.79 Å². The average molecular weight is 223 g/mol. The Bertz CT molecular complexity index is 355. The number of carbonyl (C=O) groups excluding carboxylic acids is 1. The summed E-state index contributed by atoms with van der Waals surface area (Å²) in [5.41, 5.74) is 0.793. The Labute approximate surface area is 95.2 Å². The molecule has 0 fully saturated rings. The van der Waals surface area contributed by atoms with E-state index >= 15 is 0 Å². The van der Waals surface area contributed by atoms with Crippen molar-refractivity contribution in [2.75, 3.05) is 19.5 Å². The number of aromatic nitrogens is 1. The van der Waals surface area contributed by atoms with Gasteiger partial charge in [0.05, 0.1) is 12.8 Å². The van der Waals surface area contributed by atoms with Gasteiger partial charge in [-0.25, -0.2) is 4.98 Å². The van der Waals surface area contributed by atoms with Crippen LogP contribution in [-0.4, -0.2) is 31.1 Å². The van der Waals surface area contributed by atoms with E-state index in [0.717, 1.165) is 5.69 Å². The number of carbonyl (C=O) groups is 1. The minimum absolute atomic E-state index is 0.00265. The van der Waals surface area contributed by atoms with Crippen LogP contribution in [0.25, 0.3) is 0 Å². The summed E-state index contributed by atoms with van der Waals surface area (Å²) < 4.78 is 5.10. The summed E-state index contributed by atoms with van der Waals surface area (Å²) in [6.45, 7) is 1.93. The van der Waals surface area contributed by atoms with Crippen molar-refractivity contribution in [3.8, 4) is 5.88 Å². The predicted octanol–water partition coefficient (Wildman–Crippen LogP) is 1.03. The molecule has 1 heterocycles. The van der Waals surface area contributed by atoms with Crippen LogP contribution >= 0.6 is 0 Å². The summed E-state index contributed by atoms with van der Waals surface area (Å²) in [4.78, 5) is 15.2. The Morgan fingerprint density at radius 1 is 1.62 bits per heavy atom. The van der Waals surface area contributed by atoms with Crippen molar-refractivity contribution in [3.63, 3.8) is 0 Å². The van der Waals surface area contributed by atoms with E-state index in [1.165, 1.54) is 0 Å². The van der Waals surface area contributed by atoms with Gasteiger partial charge in [0, 0.05) is 25.7 Å². The van der Waals surface area contributed by atoms with E-state index in [2.05, 4.69) is 15.6 Å². The molecular formula is C11H17N3O2. The fourth-order valence-corrected chi connectivity index (χ4v) is 1.36. The SMILES string of the molecule is CNC(=O)CC(C)Nc1cccnc1OC. The van der Waals surface area contributed by atoms with Gasteiger partial charge >= 0.3 is 0 Å². The summed E-state index contributed by atoms with van der Waals surface area (Å²) in [5.74, 6) is 0.536. The van der Waals surface area contributed by atoms with E-state index in [1.54, 1.807) is 20.4 Å². The molecule has 5 nitrogen and oxygen atoms in total. The molecule has 2 N–H and O–H groups in total. The molecule has 0 aliphatic rings. The lowest BCUT2D eigenvalue weighted by atomic mass is 10.2. The van der Waals surface area contributed by atoms with E-state index in [0.29, 0.717) is 12.3 Å². The lowest BCUT2D eigenvalue weighted by Gasteiger charge is -2.15. The molecule has 0 bridgehead atoms. The molecule has 0 spiro atoms. The Balaban J connectivity index is 2.61. The van der Waals surface area contributed by atoms with Gasteiger partial charge in [-0.2, -0.15) is 0 Å². The first-order chi connectivity index (χ1) is 7.67. The minimum atomic E-state index is 0.00265. The fourth-order valence-electron chi connectivity index (χ4n) is 1.36. The Hall–Kier alpha value is -1.78. The van der Waals surface area contributed by atoms with Crippen molar-refractivity contribution in [2.45, 2.75) is 19.4 Å². The Morgan fingerprint density at radius 3 is 3.00 bits per heavy atom. The van der Waals surface area contributed by atoms with Crippen LogP contribution in [0.1, 0.15) is 13.3 Å². The molecule has 0 aliphatic carbocycles. The predicted molar refractivity (Wildman–Crippen MR) is 62.6 cm³/mol. The zero-order chi connectivity index (χ0) is 12.0. The smallest absolute Gasteiger partial charge is 0.237 e. The number of rotatable bonds is 5. The second kappa shape index (κ2) is 5.95. The standard InChI is InChI=1S/C11H17N3O2/c1-8(7-10(15)12-2)14-9-5-4-6-13-11(9)16-3/h4-6,8,14H,7H2,1-3H3,(H,12,15). The highest BCUT2D eigenvalue weighted by atomic mass is 16.5. The molecule has 1 atom stereocenters. The van der Waals surface area contributed by atoms with Gasteiger partial charge in [0.25, 0.3) is 0 Å². The highest BCUT2D eigenvalue weighted by molar-refractivity contribution is 5.76. The summed E-state index contributed by atoms with van der Waals surface area (Å²) in [6, 6.07) is 3.71. The zero-order valence-corrected chi connectivity index (χ0v) is 9.78. The lowest BCUT2D eigenvalue weighted by Crippen LogP contribution is -2.26. The van der Waals surface area contributed by atoms with Gasteiger partial charge < -0.3 is 15.4 Å². The number of nitrogens with zero attached hydrogens (tertiary/aromatic N) is 1. The van der Waals surface area contributed by atoms with Gasteiger partial charge in [-0.15, -0.1) is 0 Å². The molecule has 1 aromatic rings. The first-order valence-corrected chi connectivity index (χ1v) is 5.13. The van der Waals surface area contributed by atoms with Crippen LogP contribution in [0.15, 0.2) is 18.3 Å². The van der Waals surface area contributed by atoms with Crippen molar-refractivity contribution in [1.82, 2.24) is 10.3 Å². The van der Waals surface area contributed by atoms with Crippen LogP contribution in [0, 0.1) is 0 Å². The highest BCUT2D eigenvalue weighted by Gasteiger charge is 2.10. The van der Waals surface area contributed by atoms with Crippen LogP contribution in [-0.2, 0) is 4.79 Å². The zero-order valence-electron chi connectivity index (χ0n) is 9.78. The number of amides is 1. The summed E-state index contributed by atoms with van der Waals surface area (Å²) in [6.07, 6.45) is 2.07. The van der Waals surface area contributed by atoms with E-state index in [-0.39, 0.29) is 11.9 Å².